The molecule has 2 N–H and O–H groups in total. The molecule has 0 spiro atoms. The van der Waals surface area contributed by atoms with Gasteiger partial charge in [0.2, 0.25) is 0 Å². The summed E-state index contributed by atoms with van der Waals surface area (Å²) in [5, 5.41) is 15.2. The zero-order valence-corrected chi connectivity index (χ0v) is 13.6. The molecule has 1 fully saturated rings. The van der Waals surface area contributed by atoms with Crippen LogP contribution in [-0.2, 0) is 6.54 Å². The third-order valence-corrected chi connectivity index (χ3v) is 4.88. The van der Waals surface area contributed by atoms with Crippen LogP contribution in [0, 0.1) is 0 Å². The van der Waals surface area contributed by atoms with Crippen LogP contribution in [-0.4, -0.2) is 39.7 Å². The lowest BCUT2D eigenvalue weighted by Crippen LogP contribution is -2.43. The maximum absolute atomic E-state index is 9.67. The Morgan fingerprint density at radius 3 is 3.10 bits per heavy atom. The van der Waals surface area contributed by atoms with Gasteiger partial charge in [0.25, 0.3) is 0 Å². The van der Waals surface area contributed by atoms with Gasteiger partial charge in [-0.2, -0.15) is 0 Å². The highest BCUT2D eigenvalue weighted by Gasteiger charge is 2.27. The molecular weight excluding hydrogens is 284 g/mol. The van der Waals surface area contributed by atoms with Gasteiger partial charge in [-0.1, -0.05) is 13.8 Å². The SMILES string of the molecule is CC(C)NCc1c(N2CCCCC2CO)nc2sccn12. The predicted molar refractivity (Wildman–Crippen MR) is 87.1 cm³/mol. The van der Waals surface area contributed by atoms with Crippen LogP contribution in [0.25, 0.3) is 4.96 Å². The van der Waals surface area contributed by atoms with Gasteiger partial charge in [-0.15, -0.1) is 11.3 Å². The van der Waals surface area contributed by atoms with Crippen LogP contribution in [0.2, 0.25) is 0 Å². The van der Waals surface area contributed by atoms with Crippen molar-refractivity contribution < 1.29 is 5.11 Å². The maximum atomic E-state index is 9.67. The number of aromatic nitrogens is 2. The number of thiazole rings is 1. The van der Waals surface area contributed by atoms with E-state index in [0.29, 0.717) is 6.04 Å². The normalized spacial score (nSPS) is 19.8. The van der Waals surface area contributed by atoms with Crippen molar-refractivity contribution >= 4 is 22.1 Å². The number of imidazole rings is 1. The van der Waals surface area contributed by atoms with E-state index < -0.39 is 0 Å². The van der Waals surface area contributed by atoms with Crippen molar-refractivity contribution in [3.8, 4) is 0 Å². The van der Waals surface area contributed by atoms with Crippen molar-refractivity contribution in [3.05, 3.63) is 17.3 Å². The number of rotatable bonds is 5. The van der Waals surface area contributed by atoms with E-state index in [1.165, 1.54) is 18.5 Å². The van der Waals surface area contributed by atoms with Crippen LogP contribution < -0.4 is 10.2 Å². The van der Waals surface area contributed by atoms with Crippen LogP contribution >= 0.6 is 11.3 Å². The van der Waals surface area contributed by atoms with E-state index in [0.717, 1.165) is 30.3 Å². The number of fused-ring (bicyclic) bond motifs is 1. The Hall–Kier alpha value is -1.11. The molecule has 1 unspecified atom stereocenters. The molecule has 3 rings (SSSR count). The van der Waals surface area contributed by atoms with Gasteiger partial charge in [0, 0.05) is 30.7 Å². The molecule has 0 bridgehead atoms. The second kappa shape index (κ2) is 6.34. The van der Waals surface area contributed by atoms with E-state index in [2.05, 4.69) is 40.0 Å². The Morgan fingerprint density at radius 2 is 2.33 bits per heavy atom. The summed E-state index contributed by atoms with van der Waals surface area (Å²) in [6.45, 7) is 6.32. The van der Waals surface area contributed by atoms with Crippen LogP contribution in [0.5, 0.6) is 0 Å². The number of hydrogen-bond donors (Lipinski definition) is 2. The van der Waals surface area contributed by atoms with Gasteiger partial charge in [0.1, 0.15) is 0 Å². The Bertz CT molecular complexity index is 592. The second-order valence-electron chi connectivity index (χ2n) is 6.00. The highest BCUT2D eigenvalue weighted by atomic mass is 32.1. The summed E-state index contributed by atoms with van der Waals surface area (Å²) in [5.41, 5.74) is 1.21. The molecule has 21 heavy (non-hydrogen) atoms. The first-order valence-electron chi connectivity index (χ1n) is 7.76. The molecule has 116 valence electrons. The van der Waals surface area contributed by atoms with Gasteiger partial charge in [-0.3, -0.25) is 4.40 Å². The van der Waals surface area contributed by atoms with Gasteiger partial charge >= 0.3 is 0 Å². The smallest absolute Gasteiger partial charge is 0.195 e. The molecule has 2 aromatic rings. The molecule has 1 aliphatic heterocycles. The van der Waals surface area contributed by atoms with Gasteiger partial charge in [-0.05, 0) is 19.3 Å². The average Bonchev–Trinajstić information content (AvgIpc) is 3.05. The molecule has 0 radical (unpaired) electrons. The highest BCUT2D eigenvalue weighted by Crippen LogP contribution is 2.29. The second-order valence-corrected chi connectivity index (χ2v) is 6.87. The Balaban J connectivity index is 1.95. The number of nitrogens with one attached hydrogen (secondary N) is 1. The molecule has 0 aliphatic carbocycles. The molecule has 1 aliphatic rings. The molecule has 3 heterocycles. The zero-order valence-electron chi connectivity index (χ0n) is 12.7. The lowest BCUT2D eigenvalue weighted by atomic mass is 10.0. The molecule has 1 saturated heterocycles. The molecular formula is C15H24N4OS. The van der Waals surface area contributed by atoms with E-state index >= 15 is 0 Å². The number of piperidine rings is 1. The van der Waals surface area contributed by atoms with Crippen molar-refractivity contribution in [3.63, 3.8) is 0 Å². The standard InChI is InChI=1S/C15H24N4OS/c1-11(2)16-9-13-14(17-15-19(13)7-8-21-15)18-6-4-3-5-12(18)10-20/h7-8,11-12,16,20H,3-6,9-10H2,1-2H3. The minimum absolute atomic E-state index is 0.209. The summed E-state index contributed by atoms with van der Waals surface area (Å²) >= 11 is 1.66. The Kier molecular flexibility index (Phi) is 4.47. The molecule has 6 heteroatoms. The van der Waals surface area contributed by atoms with Crippen molar-refractivity contribution in [1.82, 2.24) is 14.7 Å². The number of aliphatic hydroxyl groups is 1. The number of nitrogens with zero attached hydrogens (tertiary/aromatic N) is 3. The fraction of sp³-hybridized carbons (Fsp3) is 0.667. The van der Waals surface area contributed by atoms with E-state index in [1.54, 1.807) is 11.3 Å². The highest BCUT2D eigenvalue weighted by molar-refractivity contribution is 7.15. The van der Waals surface area contributed by atoms with Crippen LogP contribution in [0.15, 0.2) is 11.6 Å². The molecule has 2 aromatic heterocycles. The van der Waals surface area contributed by atoms with E-state index in [1.807, 2.05) is 0 Å². The summed E-state index contributed by atoms with van der Waals surface area (Å²) in [5.74, 6) is 1.05. The predicted octanol–water partition coefficient (Wildman–Crippen LogP) is 2.25. The fourth-order valence-electron chi connectivity index (χ4n) is 2.99. The summed E-state index contributed by atoms with van der Waals surface area (Å²) in [6, 6.07) is 0.651. The zero-order chi connectivity index (χ0) is 14.8. The minimum Gasteiger partial charge on any atom is -0.394 e. The Labute approximate surface area is 129 Å². The van der Waals surface area contributed by atoms with Crippen molar-refractivity contribution in [2.24, 2.45) is 0 Å². The first-order valence-corrected chi connectivity index (χ1v) is 8.64. The fourth-order valence-corrected chi connectivity index (χ4v) is 3.71. The molecule has 0 aromatic carbocycles. The molecule has 1 atom stereocenters. The van der Waals surface area contributed by atoms with Crippen LogP contribution in [0.1, 0.15) is 38.8 Å². The largest absolute Gasteiger partial charge is 0.394 e. The van der Waals surface area contributed by atoms with Crippen molar-refractivity contribution in [2.45, 2.75) is 51.7 Å². The lowest BCUT2D eigenvalue weighted by Gasteiger charge is -2.35. The van der Waals surface area contributed by atoms with Crippen molar-refractivity contribution in [1.29, 1.82) is 0 Å². The molecule has 0 saturated carbocycles. The topological polar surface area (TPSA) is 52.8 Å². The van der Waals surface area contributed by atoms with Gasteiger partial charge in [0.05, 0.1) is 18.3 Å². The third-order valence-electron chi connectivity index (χ3n) is 4.13. The first-order chi connectivity index (χ1) is 10.2. The van der Waals surface area contributed by atoms with Crippen LogP contribution in [0.4, 0.5) is 5.82 Å². The van der Waals surface area contributed by atoms with E-state index in [9.17, 15) is 5.11 Å². The average molecular weight is 308 g/mol. The van der Waals surface area contributed by atoms with Crippen LogP contribution in [0.3, 0.4) is 0 Å². The number of anilines is 1. The summed E-state index contributed by atoms with van der Waals surface area (Å²) in [6.07, 6.45) is 5.52. The van der Waals surface area contributed by atoms with E-state index in [4.69, 9.17) is 4.98 Å². The third kappa shape index (κ3) is 2.93. The van der Waals surface area contributed by atoms with Gasteiger partial charge in [-0.25, -0.2) is 4.98 Å². The monoisotopic (exact) mass is 308 g/mol. The van der Waals surface area contributed by atoms with E-state index in [-0.39, 0.29) is 12.6 Å². The maximum Gasteiger partial charge on any atom is 0.195 e. The first kappa shape index (κ1) is 14.8. The number of hydrogen-bond acceptors (Lipinski definition) is 5. The summed E-state index contributed by atoms with van der Waals surface area (Å²) < 4.78 is 2.18. The minimum atomic E-state index is 0.209. The van der Waals surface area contributed by atoms with Crippen molar-refractivity contribution in [2.75, 3.05) is 18.1 Å². The summed E-state index contributed by atoms with van der Waals surface area (Å²) in [7, 11) is 0. The number of aliphatic hydroxyl groups excluding tert-OH is 1. The lowest BCUT2D eigenvalue weighted by molar-refractivity contribution is 0.239. The molecule has 0 amide bonds. The molecule has 5 nitrogen and oxygen atoms in total. The van der Waals surface area contributed by atoms with Gasteiger partial charge in [0.15, 0.2) is 10.8 Å². The summed E-state index contributed by atoms with van der Waals surface area (Å²) in [4.78, 5) is 8.17. The quantitative estimate of drug-likeness (QED) is 0.889. The Morgan fingerprint density at radius 1 is 1.48 bits per heavy atom. The van der Waals surface area contributed by atoms with Gasteiger partial charge < -0.3 is 15.3 Å².